The summed E-state index contributed by atoms with van der Waals surface area (Å²) in [5.74, 6) is 1.90. The molecular formula is C18H24O2S. The predicted octanol–water partition coefficient (Wildman–Crippen LogP) is 4.94. The van der Waals surface area contributed by atoms with E-state index in [9.17, 15) is 4.79 Å². The number of thiophene rings is 1. The lowest BCUT2D eigenvalue weighted by molar-refractivity contribution is -0.125. The van der Waals surface area contributed by atoms with Gasteiger partial charge >= 0.3 is 0 Å². The molecule has 114 valence electrons. The van der Waals surface area contributed by atoms with Crippen LogP contribution in [0.5, 0.6) is 5.75 Å². The first-order valence-electron chi connectivity index (χ1n) is 8.04. The fourth-order valence-corrected chi connectivity index (χ4v) is 7.48. The molecule has 0 aromatic carbocycles. The maximum Gasteiger partial charge on any atom is 0.182 e. The molecule has 4 aliphatic carbocycles. The third-order valence-corrected chi connectivity index (χ3v) is 7.06. The minimum atomic E-state index is -0.110. The highest BCUT2D eigenvalue weighted by Crippen LogP contribution is 2.70. The Kier molecular flexibility index (Phi) is 2.71. The van der Waals surface area contributed by atoms with Gasteiger partial charge in [-0.05, 0) is 66.7 Å². The van der Waals surface area contributed by atoms with E-state index < -0.39 is 0 Å². The molecule has 1 aromatic heterocycles. The van der Waals surface area contributed by atoms with Gasteiger partial charge in [0, 0.05) is 5.41 Å². The topological polar surface area (TPSA) is 26.3 Å². The van der Waals surface area contributed by atoms with Crippen molar-refractivity contribution in [3.8, 4) is 5.75 Å². The van der Waals surface area contributed by atoms with Crippen LogP contribution in [0.4, 0.5) is 0 Å². The van der Waals surface area contributed by atoms with Gasteiger partial charge in [0.25, 0.3) is 0 Å². The molecule has 1 aromatic rings. The van der Waals surface area contributed by atoms with Gasteiger partial charge in [0.2, 0.25) is 0 Å². The highest BCUT2D eigenvalue weighted by molar-refractivity contribution is 7.12. The van der Waals surface area contributed by atoms with Crippen LogP contribution in [0.3, 0.4) is 0 Å². The highest BCUT2D eigenvalue weighted by Gasteiger charge is 2.62. The minimum absolute atomic E-state index is 0.110. The van der Waals surface area contributed by atoms with Crippen LogP contribution < -0.4 is 4.74 Å². The molecule has 4 aliphatic rings. The SMILES string of the molecule is COc1ccsc1C(=O)C12CC3CC(C)(CC(C)(C3)C1)C2. The van der Waals surface area contributed by atoms with Gasteiger partial charge in [-0.3, -0.25) is 4.79 Å². The molecule has 2 atom stereocenters. The van der Waals surface area contributed by atoms with Gasteiger partial charge in [-0.1, -0.05) is 13.8 Å². The number of methoxy groups -OCH3 is 1. The monoisotopic (exact) mass is 304 g/mol. The molecule has 3 heteroatoms. The van der Waals surface area contributed by atoms with Crippen molar-refractivity contribution < 1.29 is 9.53 Å². The summed E-state index contributed by atoms with van der Waals surface area (Å²) in [5.41, 5.74) is 0.656. The van der Waals surface area contributed by atoms with Crippen LogP contribution in [0.2, 0.25) is 0 Å². The molecule has 0 aliphatic heterocycles. The maximum absolute atomic E-state index is 13.4. The number of hydrogen-bond donors (Lipinski definition) is 0. The van der Waals surface area contributed by atoms with E-state index in [0.717, 1.165) is 35.8 Å². The van der Waals surface area contributed by atoms with E-state index in [-0.39, 0.29) is 5.41 Å². The number of hydrogen-bond acceptors (Lipinski definition) is 3. The maximum atomic E-state index is 13.4. The van der Waals surface area contributed by atoms with E-state index in [0.29, 0.717) is 16.6 Å². The molecule has 21 heavy (non-hydrogen) atoms. The van der Waals surface area contributed by atoms with Crippen molar-refractivity contribution in [2.75, 3.05) is 7.11 Å². The molecule has 4 bridgehead atoms. The second-order valence-electron chi connectivity index (χ2n) is 8.56. The molecule has 2 nitrogen and oxygen atoms in total. The van der Waals surface area contributed by atoms with Crippen LogP contribution in [0.1, 0.15) is 62.0 Å². The molecule has 1 heterocycles. The molecule has 0 radical (unpaired) electrons. The summed E-state index contributed by atoms with van der Waals surface area (Å²) in [6.45, 7) is 4.84. The Balaban J connectivity index is 1.76. The zero-order valence-electron chi connectivity index (χ0n) is 13.2. The largest absolute Gasteiger partial charge is 0.495 e. The summed E-state index contributed by atoms with van der Waals surface area (Å²) in [7, 11) is 1.67. The normalized spacial score (nSPS) is 44.0. The van der Waals surface area contributed by atoms with E-state index >= 15 is 0 Å². The Labute approximate surface area is 130 Å². The Morgan fingerprint density at radius 2 is 1.86 bits per heavy atom. The Morgan fingerprint density at radius 1 is 1.19 bits per heavy atom. The van der Waals surface area contributed by atoms with Gasteiger partial charge < -0.3 is 4.74 Å². The second kappa shape index (κ2) is 4.13. The van der Waals surface area contributed by atoms with E-state index in [1.54, 1.807) is 18.4 Å². The number of ether oxygens (including phenoxy) is 1. The predicted molar refractivity (Wildman–Crippen MR) is 85.0 cm³/mol. The second-order valence-corrected chi connectivity index (χ2v) is 9.47. The molecular weight excluding hydrogens is 280 g/mol. The first-order chi connectivity index (χ1) is 9.87. The van der Waals surface area contributed by atoms with Crippen LogP contribution in [-0.2, 0) is 0 Å². The fraction of sp³-hybridized carbons (Fsp3) is 0.722. The molecule has 4 saturated carbocycles. The van der Waals surface area contributed by atoms with Crippen LogP contribution in [-0.4, -0.2) is 12.9 Å². The number of ketones is 1. The molecule has 2 unspecified atom stereocenters. The quantitative estimate of drug-likeness (QED) is 0.740. The van der Waals surface area contributed by atoms with Crippen LogP contribution in [0, 0.1) is 22.2 Å². The average Bonchev–Trinajstić information content (AvgIpc) is 2.81. The van der Waals surface area contributed by atoms with Crippen LogP contribution >= 0.6 is 11.3 Å². The molecule has 0 N–H and O–H groups in total. The van der Waals surface area contributed by atoms with Crippen molar-refractivity contribution in [3.05, 3.63) is 16.3 Å². The lowest BCUT2D eigenvalue weighted by Crippen LogP contribution is -2.57. The summed E-state index contributed by atoms with van der Waals surface area (Å²) in [4.78, 5) is 14.2. The van der Waals surface area contributed by atoms with Gasteiger partial charge in [0.1, 0.15) is 10.6 Å². The molecule has 5 rings (SSSR count). The van der Waals surface area contributed by atoms with Gasteiger partial charge in [-0.2, -0.15) is 0 Å². The zero-order valence-corrected chi connectivity index (χ0v) is 14.0. The van der Waals surface area contributed by atoms with Crippen molar-refractivity contribution in [1.29, 1.82) is 0 Å². The zero-order chi connectivity index (χ0) is 14.9. The molecule has 0 spiro atoms. The van der Waals surface area contributed by atoms with Crippen LogP contribution in [0.15, 0.2) is 11.4 Å². The number of rotatable bonds is 3. The van der Waals surface area contributed by atoms with E-state index in [1.807, 2.05) is 11.4 Å². The van der Waals surface area contributed by atoms with Crippen molar-refractivity contribution in [1.82, 2.24) is 0 Å². The first-order valence-corrected chi connectivity index (χ1v) is 8.91. The third-order valence-electron chi connectivity index (χ3n) is 6.16. The van der Waals surface area contributed by atoms with Crippen molar-refractivity contribution in [2.24, 2.45) is 22.2 Å². The summed E-state index contributed by atoms with van der Waals surface area (Å²) in [6, 6.07) is 1.93. The molecule has 0 saturated heterocycles. The van der Waals surface area contributed by atoms with Gasteiger partial charge in [-0.15, -0.1) is 11.3 Å². The van der Waals surface area contributed by atoms with Gasteiger partial charge in [-0.25, -0.2) is 0 Å². The summed E-state index contributed by atoms with van der Waals surface area (Å²) in [5, 5.41) is 1.98. The van der Waals surface area contributed by atoms with Gasteiger partial charge in [0.15, 0.2) is 5.78 Å². The standard InChI is InChI=1S/C18H24O2S/c1-16-6-12-7-17(2,9-16)11-18(8-12,10-16)15(19)14-13(20-3)4-5-21-14/h4-5,12H,6-11H2,1-3H3. The third kappa shape index (κ3) is 1.93. The smallest absolute Gasteiger partial charge is 0.182 e. The van der Waals surface area contributed by atoms with Crippen molar-refractivity contribution in [3.63, 3.8) is 0 Å². The molecule has 4 fully saturated rings. The summed E-state index contributed by atoms with van der Waals surface area (Å²) in [6.07, 6.45) is 7.27. The van der Waals surface area contributed by atoms with E-state index in [2.05, 4.69) is 13.8 Å². The first kappa shape index (κ1) is 13.8. The average molecular weight is 304 g/mol. The summed E-state index contributed by atoms with van der Waals surface area (Å²) < 4.78 is 5.41. The fourth-order valence-electron chi connectivity index (χ4n) is 6.57. The molecule has 0 amide bonds. The minimum Gasteiger partial charge on any atom is -0.495 e. The number of carbonyl (C=O) groups is 1. The Morgan fingerprint density at radius 3 is 2.43 bits per heavy atom. The van der Waals surface area contributed by atoms with E-state index in [1.165, 1.54) is 19.3 Å². The number of Topliss-reactive ketones (excluding diaryl/α,β-unsaturated/α-hetero) is 1. The van der Waals surface area contributed by atoms with Crippen molar-refractivity contribution in [2.45, 2.75) is 52.4 Å². The Bertz CT molecular complexity index is 584. The van der Waals surface area contributed by atoms with E-state index in [4.69, 9.17) is 4.74 Å². The van der Waals surface area contributed by atoms with Crippen LogP contribution in [0.25, 0.3) is 0 Å². The lowest BCUT2D eigenvalue weighted by Gasteiger charge is -2.64. The number of carbonyl (C=O) groups excluding carboxylic acids is 1. The summed E-state index contributed by atoms with van der Waals surface area (Å²) >= 11 is 1.55. The van der Waals surface area contributed by atoms with Gasteiger partial charge in [0.05, 0.1) is 7.11 Å². The highest BCUT2D eigenvalue weighted by atomic mass is 32.1. The Hall–Kier alpha value is -0.830. The van der Waals surface area contributed by atoms with Crippen molar-refractivity contribution >= 4 is 17.1 Å². The lowest BCUT2D eigenvalue weighted by atomic mass is 9.39.